The fraction of sp³-hybridized carbons (Fsp3) is 0.182. The minimum Gasteiger partial charge on any atom is -0.496 e. The van der Waals surface area contributed by atoms with E-state index in [1.807, 2.05) is 24.3 Å². The fourth-order valence-corrected chi connectivity index (χ4v) is 2.89. The number of benzene rings is 2. The molecule has 0 spiro atoms. The SMILES string of the molecule is CCCOc1ccc(NC(=O)c2ccc(-c3ncccc3Cl)c(OC)c2)cc1. The van der Waals surface area contributed by atoms with E-state index in [0.717, 1.165) is 17.7 Å². The van der Waals surface area contributed by atoms with Crippen molar-refractivity contribution in [2.45, 2.75) is 13.3 Å². The molecule has 3 rings (SSSR count). The number of pyridine rings is 1. The number of ether oxygens (including phenoxy) is 2. The molecule has 3 aromatic rings. The van der Waals surface area contributed by atoms with Crippen LogP contribution in [-0.2, 0) is 0 Å². The van der Waals surface area contributed by atoms with E-state index in [1.54, 1.807) is 43.6 Å². The van der Waals surface area contributed by atoms with E-state index in [2.05, 4.69) is 17.2 Å². The van der Waals surface area contributed by atoms with Gasteiger partial charge in [0.1, 0.15) is 11.5 Å². The van der Waals surface area contributed by atoms with Crippen LogP contribution < -0.4 is 14.8 Å². The summed E-state index contributed by atoms with van der Waals surface area (Å²) in [4.78, 5) is 16.9. The Morgan fingerprint density at radius 2 is 1.93 bits per heavy atom. The lowest BCUT2D eigenvalue weighted by Gasteiger charge is -2.12. The summed E-state index contributed by atoms with van der Waals surface area (Å²) in [5.74, 6) is 1.06. The van der Waals surface area contributed by atoms with E-state index < -0.39 is 0 Å². The molecule has 0 saturated heterocycles. The van der Waals surface area contributed by atoms with Crippen LogP contribution >= 0.6 is 11.6 Å². The third-order valence-electron chi connectivity index (χ3n) is 4.06. The smallest absolute Gasteiger partial charge is 0.255 e. The van der Waals surface area contributed by atoms with E-state index >= 15 is 0 Å². The summed E-state index contributed by atoms with van der Waals surface area (Å²) in [6.07, 6.45) is 2.61. The predicted molar refractivity (Wildman–Crippen MR) is 111 cm³/mol. The highest BCUT2D eigenvalue weighted by atomic mass is 35.5. The number of hydrogen-bond acceptors (Lipinski definition) is 4. The van der Waals surface area contributed by atoms with Gasteiger partial charge in [-0.2, -0.15) is 0 Å². The number of methoxy groups -OCH3 is 1. The minimum absolute atomic E-state index is 0.237. The molecule has 2 aromatic carbocycles. The van der Waals surface area contributed by atoms with Gasteiger partial charge >= 0.3 is 0 Å². The number of carbonyl (C=O) groups is 1. The Morgan fingerprint density at radius 3 is 2.61 bits per heavy atom. The molecule has 1 heterocycles. The highest BCUT2D eigenvalue weighted by Gasteiger charge is 2.14. The van der Waals surface area contributed by atoms with E-state index in [1.165, 1.54) is 0 Å². The van der Waals surface area contributed by atoms with E-state index in [9.17, 15) is 4.79 Å². The van der Waals surface area contributed by atoms with Crippen LogP contribution in [0.2, 0.25) is 5.02 Å². The Hall–Kier alpha value is -3.05. The van der Waals surface area contributed by atoms with Crippen molar-refractivity contribution >= 4 is 23.2 Å². The normalized spacial score (nSPS) is 10.4. The van der Waals surface area contributed by atoms with Crippen molar-refractivity contribution in [3.05, 3.63) is 71.4 Å². The maximum Gasteiger partial charge on any atom is 0.255 e. The van der Waals surface area contributed by atoms with Gasteiger partial charge in [0, 0.05) is 23.0 Å². The third kappa shape index (κ3) is 4.61. The lowest BCUT2D eigenvalue weighted by molar-refractivity contribution is 0.102. The molecule has 6 heteroatoms. The van der Waals surface area contributed by atoms with Crippen LogP contribution in [0.25, 0.3) is 11.3 Å². The van der Waals surface area contributed by atoms with E-state index in [0.29, 0.717) is 34.3 Å². The molecule has 0 unspecified atom stereocenters. The Morgan fingerprint density at radius 1 is 1.14 bits per heavy atom. The van der Waals surface area contributed by atoms with Gasteiger partial charge < -0.3 is 14.8 Å². The van der Waals surface area contributed by atoms with E-state index in [-0.39, 0.29) is 5.91 Å². The first-order valence-corrected chi connectivity index (χ1v) is 9.33. The van der Waals surface area contributed by atoms with Crippen molar-refractivity contribution in [3.63, 3.8) is 0 Å². The second-order valence-electron chi connectivity index (χ2n) is 6.08. The molecule has 0 atom stereocenters. The average molecular weight is 397 g/mol. The van der Waals surface area contributed by atoms with Gasteiger partial charge in [-0.25, -0.2) is 0 Å². The molecule has 28 heavy (non-hydrogen) atoms. The Bertz CT molecular complexity index is 958. The lowest BCUT2D eigenvalue weighted by atomic mass is 10.1. The molecule has 0 aliphatic carbocycles. The number of hydrogen-bond donors (Lipinski definition) is 1. The Kier molecular flexibility index (Phi) is 6.50. The Labute approximate surface area is 169 Å². The maximum absolute atomic E-state index is 12.6. The summed E-state index contributed by atoms with van der Waals surface area (Å²) < 4.78 is 11.0. The number of anilines is 1. The van der Waals surface area contributed by atoms with E-state index in [4.69, 9.17) is 21.1 Å². The van der Waals surface area contributed by atoms with Crippen LogP contribution in [0.1, 0.15) is 23.7 Å². The summed E-state index contributed by atoms with van der Waals surface area (Å²) in [6, 6.07) is 16.0. The second kappa shape index (κ2) is 9.24. The zero-order valence-corrected chi connectivity index (χ0v) is 16.5. The van der Waals surface area contributed by atoms with Crippen molar-refractivity contribution in [2.75, 3.05) is 19.0 Å². The number of nitrogens with zero attached hydrogens (tertiary/aromatic N) is 1. The van der Waals surface area contributed by atoms with Crippen LogP contribution in [0.15, 0.2) is 60.8 Å². The topological polar surface area (TPSA) is 60.5 Å². The van der Waals surface area contributed by atoms with Crippen LogP contribution in [-0.4, -0.2) is 24.6 Å². The van der Waals surface area contributed by atoms with Gasteiger partial charge in [-0.3, -0.25) is 9.78 Å². The van der Waals surface area contributed by atoms with Crippen LogP contribution in [0.3, 0.4) is 0 Å². The molecular formula is C22H21ClN2O3. The summed E-state index contributed by atoms with van der Waals surface area (Å²) in [5.41, 5.74) is 2.49. The minimum atomic E-state index is -0.237. The van der Waals surface area contributed by atoms with Gasteiger partial charge in [0.05, 0.1) is 24.4 Å². The zero-order chi connectivity index (χ0) is 19.9. The average Bonchev–Trinajstić information content (AvgIpc) is 2.73. The standard InChI is InChI=1S/C22H21ClN2O3/c1-3-13-28-17-9-7-16(8-10-17)25-22(26)15-6-11-18(20(14-15)27-2)21-19(23)5-4-12-24-21/h4-12,14H,3,13H2,1-2H3,(H,25,26). The Balaban J connectivity index is 1.78. The fourth-order valence-electron chi connectivity index (χ4n) is 2.67. The van der Waals surface area contributed by atoms with Crippen LogP contribution in [0.5, 0.6) is 11.5 Å². The van der Waals surface area contributed by atoms with Gasteiger partial charge in [-0.1, -0.05) is 18.5 Å². The highest BCUT2D eigenvalue weighted by molar-refractivity contribution is 6.33. The number of nitrogens with one attached hydrogen (secondary N) is 1. The molecule has 1 amide bonds. The molecule has 1 aromatic heterocycles. The van der Waals surface area contributed by atoms with Gasteiger partial charge in [0.15, 0.2) is 0 Å². The number of aromatic nitrogens is 1. The molecule has 0 saturated carbocycles. The first-order chi connectivity index (χ1) is 13.6. The zero-order valence-electron chi connectivity index (χ0n) is 15.7. The molecule has 144 valence electrons. The largest absolute Gasteiger partial charge is 0.496 e. The lowest BCUT2D eigenvalue weighted by Crippen LogP contribution is -2.12. The quantitative estimate of drug-likeness (QED) is 0.576. The number of halogens is 1. The summed E-state index contributed by atoms with van der Waals surface area (Å²) in [6.45, 7) is 2.72. The molecule has 0 fully saturated rings. The molecule has 1 N–H and O–H groups in total. The number of carbonyl (C=O) groups excluding carboxylic acids is 1. The van der Waals surface area contributed by atoms with Gasteiger partial charge in [-0.15, -0.1) is 0 Å². The maximum atomic E-state index is 12.6. The van der Waals surface area contributed by atoms with Crippen molar-refractivity contribution in [1.82, 2.24) is 4.98 Å². The van der Waals surface area contributed by atoms with Crippen LogP contribution in [0.4, 0.5) is 5.69 Å². The third-order valence-corrected chi connectivity index (χ3v) is 4.37. The predicted octanol–water partition coefficient (Wildman–Crippen LogP) is 5.45. The summed E-state index contributed by atoms with van der Waals surface area (Å²) in [5, 5.41) is 3.39. The van der Waals surface area contributed by atoms with Gasteiger partial charge in [0.25, 0.3) is 5.91 Å². The number of rotatable bonds is 7. The van der Waals surface area contributed by atoms with Crippen molar-refractivity contribution in [2.24, 2.45) is 0 Å². The molecule has 0 radical (unpaired) electrons. The second-order valence-corrected chi connectivity index (χ2v) is 6.48. The molecule has 5 nitrogen and oxygen atoms in total. The molecule has 0 aliphatic heterocycles. The van der Waals surface area contributed by atoms with Gasteiger partial charge in [0.2, 0.25) is 0 Å². The monoisotopic (exact) mass is 396 g/mol. The van der Waals surface area contributed by atoms with Crippen molar-refractivity contribution in [1.29, 1.82) is 0 Å². The van der Waals surface area contributed by atoms with Crippen LogP contribution in [0, 0.1) is 0 Å². The summed E-state index contributed by atoms with van der Waals surface area (Å²) >= 11 is 6.23. The first kappa shape index (κ1) is 19.7. The molecule has 0 aliphatic rings. The first-order valence-electron chi connectivity index (χ1n) is 8.95. The van der Waals surface area contributed by atoms with Crippen molar-refractivity contribution < 1.29 is 14.3 Å². The summed E-state index contributed by atoms with van der Waals surface area (Å²) in [7, 11) is 1.55. The van der Waals surface area contributed by atoms with Gasteiger partial charge in [-0.05, 0) is 61.0 Å². The molecular weight excluding hydrogens is 376 g/mol. The van der Waals surface area contributed by atoms with Crippen molar-refractivity contribution in [3.8, 4) is 22.8 Å². The molecule has 0 bridgehead atoms. The highest BCUT2D eigenvalue weighted by Crippen LogP contribution is 2.33. The number of amides is 1.